The Balaban J connectivity index is 4.03. The van der Waals surface area contributed by atoms with Gasteiger partial charge in [-0.05, 0) is 25.7 Å². The van der Waals surface area contributed by atoms with Gasteiger partial charge in [0.15, 0.2) is 0 Å². The molecule has 2 N–H and O–H groups in total. The molecule has 0 aromatic carbocycles. The maximum atomic E-state index is 11.3. The van der Waals surface area contributed by atoms with E-state index in [-0.39, 0.29) is 11.9 Å². The van der Waals surface area contributed by atoms with Crippen molar-refractivity contribution in [2.75, 3.05) is 7.05 Å². The average Bonchev–Trinajstić information content (AvgIpc) is 2.26. The van der Waals surface area contributed by atoms with E-state index in [9.17, 15) is 4.79 Å². The Kier molecular flexibility index (Phi) is 7.39. The number of likely N-dealkylation sites (N-methyl/N-ethyl adjacent to an activating group) is 1. The van der Waals surface area contributed by atoms with Crippen molar-refractivity contribution >= 4 is 5.91 Å². The van der Waals surface area contributed by atoms with Gasteiger partial charge in [0.1, 0.15) is 0 Å². The fourth-order valence-corrected chi connectivity index (χ4v) is 1.65. The molecule has 3 nitrogen and oxygen atoms in total. The molecule has 1 amide bonds. The Hall–Kier alpha value is -0.570. The van der Waals surface area contributed by atoms with Crippen molar-refractivity contribution in [3.63, 3.8) is 0 Å². The maximum absolute atomic E-state index is 11.3. The second-order valence-corrected chi connectivity index (χ2v) is 4.36. The third kappa shape index (κ3) is 5.78. The zero-order chi connectivity index (χ0) is 11.8. The Morgan fingerprint density at radius 1 is 1.20 bits per heavy atom. The van der Waals surface area contributed by atoms with Crippen LogP contribution >= 0.6 is 0 Å². The molecule has 0 saturated heterocycles. The number of hydrogen-bond donors (Lipinski definition) is 2. The average molecular weight is 214 g/mol. The van der Waals surface area contributed by atoms with Crippen molar-refractivity contribution in [1.29, 1.82) is 0 Å². The van der Waals surface area contributed by atoms with Gasteiger partial charge < -0.3 is 10.6 Å². The highest BCUT2D eigenvalue weighted by Gasteiger charge is 2.16. The van der Waals surface area contributed by atoms with Crippen LogP contribution in [0.5, 0.6) is 0 Å². The van der Waals surface area contributed by atoms with Crippen LogP contribution in [0.25, 0.3) is 0 Å². The molecule has 0 heterocycles. The molecule has 3 atom stereocenters. The van der Waals surface area contributed by atoms with Gasteiger partial charge in [0, 0.05) is 13.1 Å². The number of hydrogen-bond acceptors (Lipinski definition) is 2. The molecule has 3 unspecified atom stereocenters. The van der Waals surface area contributed by atoms with Crippen molar-refractivity contribution in [2.45, 2.75) is 59.0 Å². The minimum atomic E-state index is -0.0935. The lowest BCUT2D eigenvalue weighted by molar-refractivity contribution is -0.122. The largest absolute Gasteiger partial charge is 0.358 e. The van der Waals surface area contributed by atoms with Crippen LogP contribution in [0.2, 0.25) is 0 Å². The normalized spacial score (nSPS) is 16.9. The zero-order valence-corrected chi connectivity index (χ0v) is 10.8. The Morgan fingerprint density at radius 2 is 1.80 bits per heavy atom. The van der Waals surface area contributed by atoms with Crippen LogP contribution in [0.4, 0.5) is 0 Å². The number of nitrogens with one attached hydrogen (secondary N) is 2. The first-order chi connectivity index (χ1) is 7.04. The van der Waals surface area contributed by atoms with Crippen LogP contribution in [0.15, 0.2) is 0 Å². The van der Waals surface area contributed by atoms with Gasteiger partial charge in [0.2, 0.25) is 5.91 Å². The summed E-state index contributed by atoms with van der Waals surface area (Å²) in [4.78, 5) is 11.3. The number of carbonyl (C=O) groups excluding carboxylic acids is 1. The monoisotopic (exact) mass is 214 g/mol. The Bertz CT molecular complexity index is 182. The highest BCUT2D eigenvalue weighted by molar-refractivity contribution is 5.80. The molecule has 15 heavy (non-hydrogen) atoms. The molecule has 90 valence electrons. The van der Waals surface area contributed by atoms with Crippen LogP contribution in [-0.2, 0) is 4.79 Å². The van der Waals surface area contributed by atoms with Crippen LogP contribution in [0.1, 0.15) is 47.0 Å². The molecule has 0 aliphatic carbocycles. The summed E-state index contributed by atoms with van der Waals surface area (Å²) in [6.45, 7) is 8.54. The first-order valence-electron chi connectivity index (χ1n) is 6.02. The van der Waals surface area contributed by atoms with E-state index in [1.165, 1.54) is 6.42 Å². The summed E-state index contributed by atoms with van der Waals surface area (Å²) in [7, 11) is 1.68. The number of amides is 1. The van der Waals surface area contributed by atoms with Crippen LogP contribution in [-0.4, -0.2) is 25.0 Å². The molecule has 0 fully saturated rings. The predicted octanol–water partition coefficient (Wildman–Crippen LogP) is 1.93. The predicted molar refractivity (Wildman–Crippen MR) is 64.8 cm³/mol. The minimum absolute atomic E-state index is 0.0672. The van der Waals surface area contributed by atoms with Gasteiger partial charge in [-0.1, -0.05) is 27.2 Å². The lowest BCUT2D eigenvalue weighted by atomic mass is 9.97. The maximum Gasteiger partial charge on any atom is 0.236 e. The van der Waals surface area contributed by atoms with E-state index in [0.29, 0.717) is 6.04 Å². The van der Waals surface area contributed by atoms with E-state index in [4.69, 9.17) is 0 Å². The molecular formula is C12H26N2O. The molecular weight excluding hydrogens is 188 g/mol. The summed E-state index contributed by atoms with van der Waals surface area (Å²) in [5.74, 6) is 0.789. The molecule has 0 aliphatic heterocycles. The third-order valence-electron chi connectivity index (χ3n) is 3.00. The molecule has 3 heteroatoms. The van der Waals surface area contributed by atoms with E-state index < -0.39 is 0 Å². The van der Waals surface area contributed by atoms with E-state index in [0.717, 1.165) is 18.8 Å². The number of rotatable bonds is 7. The summed E-state index contributed by atoms with van der Waals surface area (Å²) < 4.78 is 0. The second kappa shape index (κ2) is 7.69. The van der Waals surface area contributed by atoms with E-state index in [2.05, 4.69) is 31.4 Å². The van der Waals surface area contributed by atoms with Crippen molar-refractivity contribution in [3.05, 3.63) is 0 Å². The summed E-state index contributed by atoms with van der Waals surface area (Å²) in [5.41, 5.74) is 0. The molecule has 0 spiro atoms. The molecule has 0 rings (SSSR count). The van der Waals surface area contributed by atoms with Crippen LogP contribution < -0.4 is 10.6 Å². The molecule has 0 aromatic rings. The molecule has 0 bridgehead atoms. The lowest BCUT2D eigenvalue weighted by Gasteiger charge is -2.23. The highest BCUT2D eigenvalue weighted by atomic mass is 16.2. The van der Waals surface area contributed by atoms with E-state index in [1.54, 1.807) is 7.05 Å². The fraction of sp³-hybridized carbons (Fsp3) is 0.917. The quantitative estimate of drug-likeness (QED) is 0.680. The van der Waals surface area contributed by atoms with Crippen molar-refractivity contribution in [3.8, 4) is 0 Å². The fourth-order valence-electron chi connectivity index (χ4n) is 1.65. The topological polar surface area (TPSA) is 41.1 Å². The lowest BCUT2D eigenvalue weighted by Crippen LogP contribution is -2.45. The van der Waals surface area contributed by atoms with Gasteiger partial charge in [0.05, 0.1) is 6.04 Å². The molecule has 0 radical (unpaired) electrons. The van der Waals surface area contributed by atoms with Crippen LogP contribution in [0, 0.1) is 5.92 Å². The van der Waals surface area contributed by atoms with Gasteiger partial charge in [-0.25, -0.2) is 0 Å². The van der Waals surface area contributed by atoms with Crippen molar-refractivity contribution < 1.29 is 4.79 Å². The Labute approximate surface area is 94.0 Å². The van der Waals surface area contributed by atoms with Gasteiger partial charge in [0.25, 0.3) is 0 Å². The summed E-state index contributed by atoms with van der Waals surface area (Å²) in [5, 5.41) is 6.03. The third-order valence-corrected chi connectivity index (χ3v) is 3.00. The Morgan fingerprint density at radius 3 is 2.20 bits per heavy atom. The molecule has 0 saturated carbocycles. The van der Waals surface area contributed by atoms with Gasteiger partial charge in [-0.15, -0.1) is 0 Å². The van der Waals surface area contributed by atoms with Gasteiger partial charge in [-0.2, -0.15) is 0 Å². The van der Waals surface area contributed by atoms with E-state index in [1.807, 2.05) is 6.92 Å². The smallest absolute Gasteiger partial charge is 0.236 e. The van der Waals surface area contributed by atoms with Crippen molar-refractivity contribution in [1.82, 2.24) is 10.6 Å². The highest BCUT2D eigenvalue weighted by Crippen LogP contribution is 2.12. The van der Waals surface area contributed by atoms with E-state index >= 15 is 0 Å². The minimum Gasteiger partial charge on any atom is -0.358 e. The molecule has 0 aliphatic rings. The van der Waals surface area contributed by atoms with Gasteiger partial charge in [-0.3, -0.25) is 4.79 Å². The van der Waals surface area contributed by atoms with Gasteiger partial charge >= 0.3 is 0 Å². The summed E-state index contributed by atoms with van der Waals surface area (Å²) in [6.07, 6.45) is 3.42. The molecule has 0 aromatic heterocycles. The van der Waals surface area contributed by atoms with Crippen LogP contribution in [0.3, 0.4) is 0 Å². The SMILES string of the molecule is CCC(C)CC(CC)NC(C)C(=O)NC. The second-order valence-electron chi connectivity index (χ2n) is 4.36. The summed E-state index contributed by atoms with van der Waals surface area (Å²) in [6, 6.07) is 0.358. The zero-order valence-electron chi connectivity index (χ0n) is 10.8. The first kappa shape index (κ1) is 14.4. The standard InChI is InChI=1S/C12H26N2O/c1-6-9(3)8-11(7-2)14-10(4)12(15)13-5/h9-11,14H,6-8H2,1-5H3,(H,13,15). The summed E-state index contributed by atoms with van der Waals surface area (Å²) >= 11 is 0. The van der Waals surface area contributed by atoms with Crippen molar-refractivity contribution in [2.24, 2.45) is 5.92 Å². The first-order valence-corrected chi connectivity index (χ1v) is 6.02. The number of carbonyl (C=O) groups is 1.